The third-order valence-corrected chi connectivity index (χ3v) is 5.23. The molecule has 1 heterocycles. The van der Waals surface area contributed by atoms with Crippen LogP contribution in [0.2, 0.25) is 0 Å². The summed E-state index contributed by atoms with van der Waals surface area (Å²) in [5.41, 5.74) is 7.94. The van der Waals surface area contributed by atoms with Gasteiger partial charge in [0.25, 0.3) is 0 Å². The van der Waals surface area contributed by atoms with Crippen molar-refractivity contribution in [1.82, 2.24) is 4.90 Å². The van der Waals surface area contributed by atoms with E-state index in [1.54, 1.807) is 0 Å². The summed E-state index contributed by atoms with van der Waals surface area (Å²) in [4.78, 5) is 2.60. The van der Waals surface area contributed by atoms with Gasteiger partial charge in [0.2, 0.25) is 0 Å². The van der Waals surface area contributed by atoms with Gasteiger partial charge in [-0.05, 0) is 63.9 Å². The summed E-state index contributed by atoms with van der Waals surface area (Å²) in [5.74, 6) is 0. The minimum atomic E-state index is 0.0669. The molecule has 2 N–H and O–H groups in total. The molecule has 2 rings (SSSR count). The van der Waals surface area contributed by atoms with Crippen molar-refractivity contribution in [1.29, 1.82) is 0 Å². The van der Waals surface area contributed by atoms with E-state index in [-0.39, 0.29) is 11.6 Å². The monoisotopic (exact) mass is 338 g/mol. The van der Waals surface area contributed by atoms with E-state index in [0.29, 0.717) is 0 Å². The number of benzene rings is 1. The predicted octanol–water partition coefficient (Wildman–Crippen LogP) is 3.97. The Morgan fingerprint density at radius 1 is 1.10 bits per heavy atom. The Kier molecular flexibility index (Phi) is 5.65. The van der Waals surface area contributed by atoms with E-state index in [1.807, 2.05) is 0 Å². The molecule has 2 nitrogen and oxygen atoms in total. The van der Waals surface area contributed by atoms with Crippen molar-refractivity contribution in [3.8, 4) is 0 Å². The number of nitrogens with zero attached hydrogens (tertiary/aromatic N) is 1. The fourth-order valence-corrected chi connectivity index (χ4v) is 3.27. The summed E-state index contributed by atoms with van der Waals surface area (Å²) in [7, 11) is 0. The van der Waals surface area contributed by atoms with Crippen molar-refractivity contribution in [2.45, 2.75) is 57.5 Å². The molecule has 0 radical (unpaired) electrons. The molecular weight excluding hydrogens is 312 g/mol. The van der Waals surface area contributed by atoms with Crippen LogP contribution in [0.25, 0.3) is 0 Å². The van der Waals surface area contributed by atoms with E-state index < -0.39 is 0 Å². The smallest absolute Gasteiger partial charge is 0.0307 e. The second-order valence-electron chi connectivity index (χ2n) is 6.49. The standard InChI is InChI=1S/C17H27BrN2/c1-17(2,20-11-5-3-4-6-12-20)16(19)13-14-7-9-15(18)10-8-14/h7-10,16H,3-6,11-13,19H2,1-2H3. The number of rotatable bonds is 4. The van der Waals surface area contributed by atoms with E-state index in [0.717, 1.165) is 10.9 Å². The van der Waals surface area contributed by atoms with Gasteiger partial charge in [0, 0.05) is 16.1 Å². The zero-order valence-electron chi connectivity index (χ0n) is 12.7. The molecule has 1 unspecified atom stereocenters. The highest BCUT2D eigenvalue weighted by Crippen LogP contribution is 2.24. The number of halogens is 1. The number of hydrogen-bond acceptors (Lipinski definition) is 2. The number of hydrogen-bond donors (Lipinski definition) is 1. The summed E-state index contributed by atoms with van der Waals surface area (Å²) in [6, 6.07) is 8.70. The van der Waals surface area contributed by atoms with Gasteiger partial charge in [-0.3, -0.25) is 4.90 Å². The van der Waals surface area contributed by atoms with Crippen molar-refractivity contribution in [2.75, 3.05) is 13.1 Å². The molecule has 1 aromatic carbocycles. The molecule has 0 saturated carbocycles. The molecule has 0 amide bonds. The Hall–Kier alpha value is -0.380. The van der Waals surface area contributed by atoms with Gasteiger partial charge in [-0.15, -0.1) is 0 Å². The first-order chi connectivity index (χ1) is 9.50. The van der Waals surface area contributed by atoms with Crippen LogP contribution in [-0.2, 0) is 6.42 Å². The summed E-state index contributed by atoms with van der Waals surface area (Å²) in [5, 5.41) is 0. The molecule has 3 heteroatoms. The molecule has 0 spiro atoms. The topological polar surface area (TPSA) is 29.3 Å². The van der Waals surface area contributed by atoms with Gasteiger partial charge in [0.15, 0.2) is 0 Å². The predicted molar refractivity (Wildman–Crippen MR) is 89.9 cm³/mol. The quantitative estimate of drug-likeness (QED) is 0.899. The van der Waals surface area contributed by atoms with Gasteiger partial charge in [-0.25, -0.2) is 0 Å². The molecule has 0 aliphatic carbocycles. The fraction of sp³-hybridized carbons (Fsp3) is 0.647. The summed E-state index contributed by atoms with van der Waals surface area (Å²) < 4.78 is 1.13. The zero-order valence-corrected chi connectivity index (χ0v) is 14.3. The lowest BCUT2D eigenvalue weighted by molar-refractivity contribution is 0.0979. The van der Waals surface area contributed by atoms with Crippen LogP contribution in [0.1, 0.15) is 45.1 Å². The molecular formula is C17H27BrN2. The molecule has 112 valence electrons. The van der Waals surface area contributed by atoms with Crippen LogP contribution in [-0.4, -0.2) is 29.6 Å². The molecule has 1 fully saturated rings. The van der Waals surface area contributed by atoms with Crippen LogP contribution in [0, 0.1) is 0 Å². The molecule has 0 aromatic heterocycles. The SMILES string of the molecule is CC(C)(C(N)Cc1ccc(Br)cc1)N1CCCCCC1. The Morgan fingerprint density at radius 2 is 1.65 bits per heavy atom. The third kappa shape index (κ3) is 4.06. The van der Waals surface area contributed by atoms with Gasteiger partial charge >= 0.3 is 0 Å². The maximum Gasteiger partial charge on any atom is 0.0307 e. The van der Waals surface area contributed by atoms with Crippen LogP contribution in [0.3, 0.4) is 0 Å². The summed E-state index contributed by atoms with van der Waals surface area (Å²) >= 11 is 3.48. The first kappa shape index (κ1) is 16.0. The zero-order chi connectivity index (χ0) is 14.6. The fourth-order valence-electron chi connectivity index (χ4n) is 3.01. The van der Waals surface area contributed by atoms with E-state index in [4.69, 9.17) is 5.73 Å². The Morgan fingerprint density at radius 3 is 2.20 bits per heavy atom. The van der Waals surface area contributed by atoms with Crippen molar-refractivity contribution in [3.05, 3.63) is 34.3 Å². The van der Waals surface area contributed by atoms with E-state index >= 15 is 0 Å². The lowest BCUT2D eigenvalue weighted by Crippen LogP contribution is -2.57. The van der Waals surface area contributed by atoms with Crippen LogP contribution in [0.5, 0.6) is 0 Å². The van der Waals surface area contributed by atoms with Gasteiger partial charge in [-0.2, -0.15) is 0 Å². The van der Waals surface area contributed by atoms with Gasteiger partial charge in [-0.1, -0.05) is 40.9 Å². The second-order valence-corrected chi connectivity index (χ2v) is 7.41. The van der Waals surface area contributed by atoms with Gasteiger partial charge in [0.05, 0.1) is 0 Å². The Balaban J connectivity index is 2.01. The maximum atomic E-state index is 6.55. The van der Waals surface area contributed by atoms with Gasteiger partial charge in [0.1, 0.15) is 0 Å². The Bertz CT molecular complexity index is 406. The first-order valence-electron chi connectivity index (χ1n) is 7.75. The van der Waals surface area contributed by atoms with Crippen LogP contribution in [0.15, 0.2) is 28.7 Å². The highest BCUT2D eigenvalue weighted by Gasteiger charge is 2.33. The molecule has 1 atom stereocenters. The van der Waals surface area contributed by atoms with E-state index in [1.165, 1.54) is 44.3 Å². The molecule has 20 heavy (non-hydrogen) atoms. The van der Waals surface area contributed by atoms with Crippen LogP contribution >= 0.6 is 15.9 Å². The average Bonchev–Trinajstić information content (AvgIpc) is 2.70. The van der Waals surface area contributed by atoms with Gasteiger partial charge < -0.3 is 5.73 Å². The molecule has 0 bridgehead atoms. The second kappa shape index (κ2) is 7.06. The molecule has 1 aromatic rings. The van der Waals surface area contributed by atoms with E-state index in [9.17, 15) is 0 Å². The van der Waals surface area contributed by atoms with Crippen molar-refractivity contribution in [3.63, 3.8) is 0 Å². The number of nitrogens with two attached hydrogens (primary N) is 1. The Labute approximate surface area is 131 Å². The minimum absolute atomic E-state index is 0.0669. The molecule has 1 aliphatic heterocycles. The molecule has 1 aliphatic rings. The van der Waals surface area contributed by atoms with E-state index in [2.05, 4.69) is 58.9 Å². The summed E-state index contributed by atoms with van der Waals surface area (Å²) in [6.07, 6.45) is 6.31. The normalized spacial score (nSPS) is 19.6. The van der Waals surface area contributed by atoms with Crippen LogP contribution in [0.4, 0.5) is 0 Å². The lowest BCUT2D eigenvalue weighted by Gasteiger charge is -2.42. The third-order valence-electron chi connectivity index (χ3n) is 4.70. The maximum absolute atomic E-state index is 6.55. The average molecular weight is 339 g/mol. The largest absolute Gasteiger partial charge is 0.326 e. The number of likely N-dealkylation sites (tertiary alicyclic amines) is 1. The van der Waals surface area contributed by atoms with Crippen LogP contribution < -0.4 is 5.73 Å². The summed E-state index contributed by atoms with van der Waals surface area (Å²) in [6.45, 7) is 7.01. The van der Waals surface area contributed by atoms with Crippen molar-refractivity contribution >= 4 is 15.9 Å². The van der Waals surface area contributed by atoms with Crippen molar-refractivity contribution in [2.24, 2.45) is 5.73 Å². The molecule has 1 saturated heterocycles. The van der Waals surface area contributed by atoms with Crippen molar-refractivity contribution < 1.29 is 0 Å². The highest BCUT2D eigenvalue weighted by atomic mass is 79.9. The lowest BCUT2D eigenvalue weighted by atomic mass is 9.88. The first-order valence-corrected chi connectivity index (χ1v) is 8.54. The minimum Gasteiger partial charge on any atom is -0.326 e. The highest BCUT2D eigenvalue weighted by molar-refractivity contribution is 9.10.